The Hall–Kier alpha value is -2.34. The Morgan fingerprint density at radius 2 is 2.16 bits per heavy atom. The Balaban J connectivity index is 1.84. The van der Waals surface area contributed by atoms with Gasteiger partial charge < -0.3 is 20.7 Å². The molecule has 2 rings (SSSR count). The van der Waals surface area contributed by atoms with Gasteiger partial charge in [-0.05, 0) is 24.6 Å². The molecule has 1 aromatic heterocycles. The number of nitrogens with one attached hydrogen (secondary N) is 3. The van der Waals surface area contributed by atoms with Crippen LogP contribution in [0, 0.1) is 0 Å². The molecular formula is C13H16N4O2. The summed E-state index contributed by atoms with van der Waals surface area (Å²) in [6, 6.07) is 6.75. The van der Waals surface area contributed by atoms with Crippen molar-refractivity contribution >= 4 is 11.7 Å². The number of rotatable bonds is 4. The van der Waals surface area contributed by atoms with Gasteiger partial charge in [0, 0.05) is 11.9 Å². The lowest BCUT2D eigenvalue weighted by atomic mass is 10.1. The quantitative estimate of drug-likeness (QED) is 0.675. The normalized spacial score (nSPS) is 11.9. The lowest BCUT2D eigenvalue weighted by molar-refractivity contribution is 0.199. The van der Waals surface area contributed by atoms with Crippen LogP contribution >= 0.6 is 0 Å². The predicted molar refractivity (Wildman–Crippen MR) is 71.5 cm³/mol. The van der Waals surface area contributed by atoms with Crippen LogP contribution in [0.15, 0.2) is 36.8 Å². The summed E-state index contributed by atoms with van der Waals surface area (Å²) in [5.41, 5.74) is 2.31. The minimum Gasteiger partial charge on any atom is -0.389 e. The average Bonchev–Trinajstić information content (AvgIpc) is 2.90. The number of nitrogens with zero attached hydrogens (tertiary/aromatic N) is 1. The zero-order valence-corrected chi connectivity index (χ0v) is 10.6. The number of anilines is 1. The van der Waals surface area contributed by atoms with E-state index < -0.39 is 6.10 Å². The molecule has 0 bridgehead atoms. The van der Waals surface area contributed by atoms with E-state index in [1.54, 1.807) is 43.7 Å². The zero-order valence-electron chi connectivity index (χ0n) is 10.6. The molecule has 0 aliphatic rings. The molecule has 0 fully saturated rings. The highest BCUT2D eigenvalue weighted by Crippen LogP contribution is 2.15. The lowest BCUT2D eigenvalue weighted by Gasteiger charge is -2.08. The van der Waals surface area contributed by atoms with Gasteiger partial charge in [-0.1, -0.05) is 12.1 Å². The van der Waals surface area contributed by atoms with Gasteiger partial charge >= 0.3 is 6.03 Å². The molecule has 1 aromatic carbocycles. The van der Waals surface area contributed by atoms with E-state index in [-0.39, 0.29) is 6.03 Å². The fourth-order valence-corrected chi connectivity index (χ4v) is 1.58. The summed E-state index contributed by atoms with van der Waals surface area (Å²) >= 11 is 0. The maximum Gasteiger partial charge on any atom is 0.319 e. The first-order valence-corrected chi connectivity index (χ1v) is 5.95. The van der Waals surface area contributed by atoms with Crippen molar-refractivity contribution in [1.82, 2.24) is 15.3 Å². The van der Waals surface area contributed by atoms with Crippen LogP contribution in [0.4, 0.5) is 10.5 Å². The second-order valence-electron chi connectivity index (χ2n) is 4.18. The van der Waals surface area contributed by atoms with Gasteiger partial charge in [-0.3, -0.25) is 0 Å². The Kier molecular flexibility index (Phi) is 4.15. The fraction of sp³-hybridized carbons (Fsp3) is 0.231. The molecule has 0 aliphatic carbocycles. The van der Waals surface area contributed by atoms with Gasteiger partial charge in [0.25, 0.3) is 0 Å². The summed E-state index contributed by atoms with van der Waals surface area (Å²) in [4.78, 5) is 18.4. The molecule has 1 unspecified atom stereocenters. The first kappa shape index (κ1) is 13.1. The van der Waals surface area contributed by atoms with E-state index in [4.69, 9.17) is 0 Å². The molecule has 1 heterocycles. The smallest absolute Gasteiger partial charge is 0.319 e. The van der Waals surface area contributed by atoms with E-state index in [1.165, 1.54) is 0 Å². The van der Waals surface area contributed by atoms with Gasteiger partial charge in [-0.25, -0.2) is 9.78 Å². The van der Waals surface area contributed by atoms with E-state index in [9.17, 15) is 9.90 Å². The highest BCUT2D eigenvalue weighted by Gasteiger charge is 2.04. The molecule has 2 amide bonds. The number of benzene rings is 1. The number of aliphatic hydroxyl groups excluding tert-OH is 1. The molecule has 100 valence electrons. The van der Waals surface area contributed by atoms with E-state index in [2.05, 4.69) is 20.6 Å². The number of carbonyl (C=O) groups is 1. The number of hydrogen-bond acceptors (Lipinski definition) is 3. The molecule has 6 nitrogen and oxygen atoms in total. The number of aliphatic hydroxyl groups is 1. The van der Waals surface area contributed by atoms with Crippen LogP contribution in [0.3, 0.4) is 0 Å². The van der Waals surface area contributed by atoms with Crippen LogP contribution in [0.2, 0.25) is 0 Å². The van der Waals surface area contributed by atoms with Crippen molar-refractivity contribution in [1.29, 1.82) is 0 Å². The van der Waals surface area contributed by atoms with Crippen LogP contribution in [0.5, 0.6) is 0 Å². The van der Waals surface area contributed by atoms with E-state index >= 15 is 0 Å². The minimum absolute atomic E-state index is 0.292. The average molecular weight is 260 g/mol. The number of urea groups is 1. The largest absolute Gasteiger partial charge is 0.389 e. The monoisotopic (exact) mass is 260 g/mol. The van der Waals surface area contributed by atoms with Gasteiger partial charge in [0.05, 0.1) is 24.7 Å². The number of carbonyl (C=O) groups excluding carboxylic acids is 1. The molecule has 2 aromatic rings. The van der Waals surface area contributed by atoms with Crippen LogP contribution < -0.4 is 10.6 Å². The van der Waals surface area contributed by atoms with Gasteiger partial charge in [0.2, 0.25) is 0 Å². The standard InChI is InChI=1S/C13H16N4O2/c1-9(18)10-2-4-11(5-3-10)17-13(19)15-7-12-6-14-8-16-12/h2-6,8-9,18H,7H2,1H3,(H,14,16)(H2,15,17,19). The second-order valence-corrected chi connectivity index (χ2v) is 4.18. The maximum atomic E-state index is 11.6. The zero-order chi connectivity index (χ0) is 13.7. The van der Waals surface area contributed by atoms with Crippen molar-refractivity contribution in [2.24, 2.45) is 0 Å². The predicted octanol–water partition coefficient (Wildman–Crippen LogP) is 1.78. The number of aromatic nitrogens is 2. The van der Waals surface area contributed by atoms with Crippen molar-refractivity contribution in [3.8, 4) is 0 Å². The number of hydrogen-bond donors (Lipinski definition) is 4. The van der Waals surface area contributed by atoms with Crippen LogP contribution in [0.1, 0.15) is 24.3 Å². The molecule has 19 heavy (non-hydrogen) atoms. The Labute approximate surface area is 110 Å². The number of H-pyrrole nitrogens is 1. The summed E-state index contributed by atoms with van der Waals surface area (Å²) < 4.78 is 0. The first-order valence-electron chi connectivity index (χ1n) is 5.95. The molecule has 0 saturated carbocycles. The van der Waals surface area contributed by atoms with Crippen LogP contribution in [-0.2, 0) is 6.54 Å². The number of imidazole rings is 1. The number of amides is 2. The highest BCUT2D eigenvalue weighted by molar-refractivity contribution is 5.89. The third-order valence-electron chi connectivity index (χ3n) is 2.65. The molecule has 4 N–H and O–H groups in total. The van der Waals surface area contributed by atoms with Crippen molar-refractivity contribution in [2.45, 2.75) is 19.6 Å². The Morgan fingerprint density at radius 1 is 1.42 bits per heavy atom. The molecular weight excluding hydrogens is 244 g/mol. The third-order valence-corrected chi connectivity index (χ3v) is 2.65. The third kappa shape index (κ3) is 3.82. The summed E-state index contributed by atoms with van der Waals surface area (Å²) in [6.45, 7) is 2.08. The fourth-order valence-electron chi connectivity index (χ4n) is 1.58. The van der Waals surface area contributed by atoms with E-state index in [0.717, 1.165) is 11.3 Å². The Morgan fingerprint density at radius 3 is 2.74 bits per heavy atom. The summed E-state index contributed by atoms with van der Waals surface area (Å²) in [5.74, 6) is 0. The maximum absolute atomic E-state index is 11.6. The summed E-state index contributed by atoms with van der Waals surface area (Å²) in [7, 11) is 0. The molecule has 6 heteroatoms. The van der Waals surface area contributed by atoms with E-state index in [1.807, 2.05) is 0 Å². The SMILES string of the molecule is CC(O)c1ccc(NC(=O)NCc2cnc[nH]2)cc1. The summed E-state index contributed by atoms with van der Waals surface area (Å²) in [5, 5.41) is 14.8. The molecule has 0 spiro atoms. The van der Waals surface area contributed by atoms with Gasteiger partial charge in [-0.15, -0.1) is 0 Å². The highest BCUT2D eigenvalue weighted by atomic mass is 16.3. The van der Waals surface area contributed by atoms with Crippen molar-refractivity contribution in [2.75, 3.05) is 5.32 Å². The molecule has 1 atom stereocenters. The molecule has 0 aliphatic heterocycles. The van der Waals surface area contributed by atoms with Crippen molar-refractivity contribution in [3.05, 3.63) is 48.0 Å². The second kappa shape index (κ2) is 6.01. The van der Waals surface area contributed by atoms with Gasteiger partial charge in [0.15, 0.2) is 0 Å². The van der Waals surface area contributed by atoms with Gasteiger partial charge in [-0.2, -0.15) is 0 Å². The van der Waals surface area contributed by atoms with Gasteiger partial charge in [0.1, 0.15) is 0 Å². The van der Waals surface area contributed by atoms with E-state index in [0.29, 0.717) is 12.2 Å². The Bertz CT molecular complexity index is 520. The molecule has 0 saturated heterocycles. The topological polar surface area (TPSA) is 90.0 Å². The van der Waals surface area contributed by atoms with Crippen LogP contribution in [-0.4, -0.2) is 21.1 Å². The number of aromatic amines is 1. The van der Waals surface area contributed by atoms with Crippen LogP contribution in [0.25, 0.3) is 0 Å². The lowest BCUT2D eigenvalue weighted by Crippen LogP contribution is -2.28. The van der Waals surface area contributed by atoms with Crippen molar-refractivity contribution in [3.63, 3.8) is 0 Å². The summed E-state index contributed by atoms with van der Waals surface area (Å²) in [6.07, 6.45) is 2.70. The minimum atomic E-state index is -0.511. The first-order chi connectivity index (χ1) is 9.15. The van der Waals surface area contributed by atoms with Crippen molar-refractivity contribution < 1.29 is 9.90 Å². The molecule has 0 radical (unpaired) electrons.